The first-order valence-corrected chi connectivity index (χ1v) is 8.41. The van der Waals surface area contributed by atoms with Crippen LogP contribution >= 0.6 is 0 Å². The number of guanidine groups is 1. The molecule has 2 unspecified atom stereocenters. The number of nitrogens with zero attached hydrogens (tertiary/aromatic N) is 3. The molecule has 2 aliphatic rings. The molecule has 2 fully saturated rings. The van der Waals surface area contributed by atoms with Gasteiger partial charge in [-0.05, 0) is 40.2 Å². The van der Waals surface area contributed by atoms with Crippen LogP contribution in [0.3, 0.4) is 0 Å². The molecule has 1 aliphatic carbocycles. The maximum Gasteiger partial charge on any atom is 0.193 e. The third-order valence-corrected chi connectivity index (χ3v) is 4.58. The molecule has 5 heteroatoms. The number of hydrogen-bond acceptors (Lipinski definition) is 3. The number of nitrogens with one attached hydrogen (secondary N) is 1. The molecule has 0 aromatic carbocycles. The van der Waals surface area contributed by atoms with E-state index < -0.39 is 0 Å². The third-order valence-electron chi connectivity index (χ3n) is 4.58. The van der Waals surface area contributed by atoms with Crippen LogP contribution in [0.15, 0.2) is 4.99 Å². The van der Waals surface area contributed by atoms with Gasteiger partial charge in [-0.15, -0.1) is 0 Å². The van der Waals surface area contributed by atoms with E-state index in [1.165, 1.54) is 19.3 Å². The van der Waals surface area contributed by atoms with E-state index >= 15 is 0 Å². The van der Waals surface area contributed by atoms with Crippen molar-refractivity contribution in [1.29, 1.82) is 0 Å². The normalized spacial score (nSPS) is 24.4. The maximum absolute atomic E-state index is 5.47. The Bertz CT molecular complexity index is 337. The number of likely N-dealkylation sites (N-methyl/N-ethyl adjacent to an activating group) is 1. The van der Waals surface area contributed by atoms with E-state index in [1.807, 2.05) is 0 Å². The van der Waals surface area contributed by atoms with E-state index in [4.69, 9.17) is 9.73 Å². The van der Waals surface area contributed by atoms with Gasteiger partial charge in [0, 0.05) is 44.7 Å². The van der Waals surface area contributed by atoms with Gasteiger partial charge in [0.05, 0.1) is 13.2 Å². The largest absolute Gasteiger partial charge is 0.381 e. The molecule has 1 N–H and O–H groups in total. The van der Waals surface area contributed by atoms with Crippen molar-refractivity contribution in [2.75, 3.05) is 46.9 Å². The lowest BCUT2D eigenvalue weighted by Gasteiger charge is -2.27. The summed E-state index contributed by atoms with van der Waals surface area (Å²) in [4.78, 5) is 9.56. The quantitative estimate of drug-likeness (QED) is 0.569. The first-order chi connectivity index (χ1) is 10.1. The number of hydrogen-bond donors (Lipinski definition) is 1. The summed E-state index contributed by atoms with van der Waals surface area (Å²) in [5.41, 5.74) is 0. The Morgan fingerprint density at radius 2 is 2.10 bits per heavy atom. The molecule has 122 valence electrons. The van der Waals surface area contributed by atoms with E-state index in [0.29, 0.717) is 12.0 Å². The molecular formula is C16H32N4O. The minimum Gasteiger partial charge on any atom is -0.381 e. The van der Waals surface area contributed by atoms with Crippen molar-refractivity contribution in [3.63, 3.8) is 0 Å². The van der Waals surface area contributed by atoms with Crippen LogP contribution in [0.4, 0.5) is 0 Å². The van der Waals surface area contributed by atoms with Crippen molar-refractivity contribution in [3.05, 3.63) is 0 Å². The minimum atomic E-state index is 0.509. The van der Waals surface area contributed by atoms with E-state index in [2.05, 4.69) is 43.1 Å². The van der Waals surface area contributed by atoms with Crippen LogP contribution in [0.1, 0.15) is 33.1 Å². The fraction of sp³-hybridized carbons (Fsp3) is 0.938. The molecule has 2 atom stereocenters. The molecule has 5 nitrogen and oxygen atoms in total. The van der Waals surface area contributed by atoms with Gasteiger partial charge in [0.25, 0.3) is 0 Å². The van der Waals surface area contributed by atoms with Gasteiger partial charge < -0.3 is 15.0 Å². The molecule has 1 saturated carbocycles. The highest BCUT2D eigenvalue weighted by Crippen LogP contribution is 2.26. The summed E-state index contributed by atoms with van der Waals surface area (Å²) in [6.45, 7) is 9.01. The van der Waals surface area contributed by atoms with Crippen LogP contribution in [0.2, 0.25) is 0 Å². The second-order valence-corrected chi connectivity index (χ2v) is 6.55. The molecular weight excluding hydrogens is 264 g/mol. The molecule has 0 bridgehead atoms. The highest BCUT2D eigenvalue weighted by molar-refractivity contribution is 5.79. The summed E-state index contributed by atoms with van der Waals surface area (Å²) in [7, 11) is 4.36. The van der Waals surface area contributed by atoms with Crippen molar-refractivity contribution >= 4 is 5.96 Å². The van der Waals surface area contributed by atoms with Crippen LogP contribution in [0.25, 0.3) is 0 Å². The zero-order chi connectivity index (χ0) is 15.2. The van der Waals surface area contributed by atoms with Gasteiger partial charge in [0.1, 0.15) is 0 Å². The Balaban J connectivity index is 1.84. The average molecular weight is 296 g/mol. The molecule has 0 amide bonds. The average Bonchev–Trinajstić information content (AvgIpc) is 3.20. The molecule has 1 aliphatic heterocycles. The highest BCUT2D eigenvalue weighted by Gasteiger charge is 2.29. The van der Waals surface area contributed by atoms with Crippen LogP contribution in [0.5, 0.6) is 0 Å². The van der Waals surface area contributed by atoms with Crippen LogP contribution in [-0.2, 0) is 4.74 Å². The number of aliphatic imine (C=N–C) groups is 1. The predicted octanol–water partition coefficient (Wildman–Crippen LogP) is 1.40. The Kier molecular flexibility index (Phi) is 6.30. The summed E-state index contributed by atoms with van der Waals surface area (Å²) in [6.07, 6.45) is 3.88. The van der Waals surface area contributed by atoms with E-state index in [-0.39, 0.29) is 0 Å². The molecule has 2 rings (SSSR count). The minimum absolute atomic E-state index is 0.509. The maximum atomic E-state index is 5.47. The van der Waals surface area contributed by atoms with Gasteiger partial charge in [0.2, 0.25) is 0 Å². The summed E-state index contributed by atoms with van der Waals surface area (Å²) >= 11 is 0. The third kappa shape index (κ3) is 5.15. The first-order valence-electron chi connectivity index (χ1n) is 8.41. The van der Waals surface area contributed by atoms with Gasteiger partial charge >= 0.3 is 0 Å². The molecule has 1 heterocycles. The van der Waals surface area contributed by atoms with Gasteiger partial charge in [-0.1, -0.05) is 0 Å². The SMILES string of the molecule is CCNC(=NCC(C)N(C)C1CC1)N(C)CC1CCOC1. The van der Waals surface area contributed by atoms with Crippen molar-refractivity contribution in [2.45, 2.75) is 45.2 Å². The summed E-state index contributed by atoms with van der Waals surface area (Å²) in [6, 6.07) is 1.31. The molecule has 0 spiro atoms. The van der Waals surface area contributed by atoms with Crippen molar-refractivity contribution < 1.29 is 4.74 Å². The smallest absolute Gasteiger partial charge is 0.193 e. The van der Waals surface area contributed by atoms with Crippen molar-refractivity contribution in [1.82, 2.24) is 15.1 Å². The Morgan fingerprint density at radius 1 is 1.33 bits per heavy atom. The summed E-state index contributed by atoms with van der Waals surface area (Å²) in [5, 5.41) is 3.41. The monoisotopic (exact) mass is 296 g/mol. The fourth-order valence-corrected chi connectivity index (χ4v) is 2.86. The summed E-state index contributed by atoms with van der Waals surface area (Å²) < 4.78 is 5.47. The van der Waals surface area contributed by atoms with Gasteiger partial charge in [-0.25, -0.2) is 0 Å². The lowest BCUT2D eigenvalue weighted by molar-refractivity contribution is 0.181. The van der Waals surface area contributed by atoms with Gasteiger partial charge in [-0.2, -0.15) is 0 Å². The zero-order valence-corrected chi connectivity index (χ0v) is 14.1. The highest BCUT2D eigenvalue weighted by atomic mass is 16.5. The first kappa shape index (κ1) is 16.6. The fourth-order valence-electron chi connectivity index (χ4n) is 2.86. The molecule has 21 heavy (non-hydrogen) atoms. The van der Waals surface area contributed by atoms with Crippen molar-refractivity contribution in [2.24, 2.45) is 10.9 Å². The van der Waals surface area contributed by atoms with E-state index in [0.717, 1.165) is 44.8 Å². The second-order valence-electron chi connectivity index (χ2n) is 6.55. The zero-order valence-electron chi connectivity index (χ0n) is 14.1. The van der Waals surface area contributed by atoms with Gasteiger partial charge in [-0.3, -0.25) is 9.89 Å². The predicted molar refractivity (Wildman–Crippen MR) is 87.8 cm³/mol. The second kappa shape index (κ2) is 7.99. The summed E-state index contributed by atoms with van der Waals surface area (Å²) in [5.74, 6) is 1.67. The molecule has 1 saturated heterocycles. The van der Waals surface area contributed by atoms with E-state index in [1.54, 1.807) is 0 Å². The van der Waals surface area contributed by atoms with E-state index in [9.17, 15) is 0 Å². The number of ether oxygens (including phenoxy) is 1. The standard InChI is InChI=1S/C16H32N4O/c1-5-17-16(19(3)11-14-8-9-21-12-14)18-10-13(2)20(4)15-6-7-15/h13-15H,5-12H2,1-4H3,(H,17,18). The lowest BCUT2D eigenvalue weighted by Crippen LogP contribution is -2.42. The lowest BCUT2D eigenvalue weighted by atomic mass is 10.1. The molecule has 0 aromatic heterocycles. The Hall–Kier alpha value is -0.810. The molecule has 0 radical (unpaired) electrons. The number of rotatable bonds is 7. The van der Waals surface area contributed by atoms with Gasteiger partial charge in [0.15, 0.2) is 5.96 Å². The van der Waals surface area contributed by atoms with Crippen LogP contribution in [-0.4, -0.2) is 74.8 Å². The topological polar surface area (TPSA) is 40.1 Å². The van der Waals surface area contributed by atoms with Crippen LogP contribution in [0, 0.1) is 5.92 Å². The van der Waals surface area contributed by atoms with Crippen molar-refractivity contribution in [3.8, 4) is 0 Å². The Labute approximate surface area is 129 Å². The van der Waals surface area contributed by atoms with Crippen LogP contribution < -0.4 is 5.32 Å². The molecule has 0 aromatic rings. The Morgan fingerprint density at radius 3 is 2.67 bits per heavy atom.